The normalized spacial score (nSPS) is 10.2. The number of hydrogen-bond donors (Lipinski definition) is 1. The number of benzene rings is 2. The van der Waals surface area contributed by atoms with Gasteiger partial charge in [-0.05, 0) is 35.4 Å². The first kappa shape index (κ1) is 15.3. The van der Waals surface area contributed by atoms with Crippen molar-refractivity contribution in [2.24, 2.45) is 5.73 Å². The molecule has 2 aromatic carbocycles. The van der Waals surface area contributed by atoms with E-state index >= 15 is 0 Å². The Labute approximate surface area is 128 Å². The van der Waals surface area contributed by atoms with Crippen LogP contribution in [-0.2, 0) is 13.0 Å². The summed E-state index contributed by atoms with van der Waals surface area (Å²) in [5, 5.41) is 0. The van der Waals surface area contributed by atoms with Crippen LogP contribution in [0, 0.1) is 5.82 Å². The molecule has 2 N–H and O–H groups in total. The molecule has 110 valence electrons. The van der Waals surface area contributed by atoms with Crippen LogP contribution >= 0.6 is 12.2 Å². The zero-order valence-corrected chi connectivity index (χ0v) is 12.5. The largest absolute Gasteiger partial charge is 0.494 e. The number of ether oxygens (including phenoxy) is 2. The third-order valence-corrected chi connectivity index (χ3v) is 3.07. The number of methoxy groups -OCH3 is 1. The van der Waals surface area contributed by atoms with E-state index in [0.717, 1.165) is 11.1 Å². The first-order chi connectivity index (χ1) is 10.1. The highest BCUT2D eigenvalue weighted by atomic mass is 32.1. The fourth-order valence-electron chi connectivity index (χ4n) is 1.87. The van der Waals surface area contributed by atoms with Crippen LogP contribution in [-0.4, -0.2) is 12.1 Å². The molecule has 0 radical (unpaired) electrons. The van der Waals surface area contributed by atoms with Gasteiger partial charge in [-0.1, -0.05) is 30.4 Å². The molecule has 0 fully saturated rings. The standard InChI is InChI=1S/C16H16FNO2S/c1-19-15-7-4-12(8-14(15)17)10-20-13-5-2-11(3-6-13)9-16(18)21/h2-8H,9-10H2,1H3,(H2,18,21). The molecule has 0 amide bonds. The molecule has 0 bridgehead atoms. The van der Waals surface area contributed by atoms with Gasteiger partial charge in [0.1, 0.15) is 12.4 Å². The topological polar surface area (TPSA) is 44.5 Å². The van der Waals surface area contributed by atoms with E-state index < -0.39 is 5.82 Å². The third kappa shape index (κ3) is 4.43. The molecule has 5 heteroatoms. The Morgan fingerprint density at radius 1 is 1.14 bits per heavy atom. The van der Waals surface area contributed by atoms with E-state index in [0.29, 0.717) is 17.2 Å². The summed E-state index contributed by atoms with van der Waals surface area (Å²) in [5.41, 5.74) is 7.26. The lowest BCUT2D eigenvalue weighted by Crippen LogP contribution is -2.10. The van der Waals surface area contributed by atoms with Crippen LogP contribution in [0.1, 0.15) is 11.1 Å². The van der Waals surface area contributed by atoms with Gasteiger partial charge in [0.05, 0.1) is 12.1 Å². The fraction of sp³-hybridized carbons (Fsp3) is 0.188. The van der Waals surface area contributed by atoms with Crippen LogP contribution in [0.25, 0.3) is 0 Å². The van der Waals surface area contributed by atoms with E-state index in [9.17, 15) is 4.39 Å². The number of nitrogens with two attached hydrogens (primary N) is 1. The molecule has 0 unspecified atom stereocenters. The van der Waals surface area contributed by atoms with Crippen LogP contribution in [0.4, 0.5) is 4.39 Å². The highest BCUT2D eigenvalue weighted by molar-refractivity contribution is 7.80. The monoisotopic (exact) mass is 305 g/mol. The summed E-state index contributed by atoms with van der Waals surface area (Å²) in [6, 6.07) is 12.2. The van der Waals surface area contributed by atoms with Gasteiger partial charge in [0, 0.05) is 6.42 Å². The zero-order chi connectivity index (χ0) is 15.2. The second-order valence-electron chi connectivity index (χ2n) is 4.54. The minimum atomic E-state index is -0.398. The van der Waals surface area contributed by atoms with Crippen molar-refractivity contribution in [2.45, 2.75) is 13.0 Å². The lowest BCUT2D eigenvalue weighted by atomic mass is 10.1. The van der Waals surface area contributed by atoms with Gasteiger partial charge in [0.2, 0.25) is 0 Å². The van der Waals surface area contributed by atoms with Gasteiger partial charge in [-0.25, -0.2) is 4.39 Å². The van der Waals surface area contributed by atoms with Gasteiger partial charge in [-0.2, -0.15) is 0 Å². The minimum absolute atomic E-state index is 0.223. The molecule has 2 aromatic rings. The van der Waals surface area contributed by atoms with Crippen molar-refractivity contribution < 1.29 is 13.9 Å². The van der Waals surface area contributed by atoms with Crippen molar-refractivity contribution in [3.8, 4) is 11.5 Å². The number of halogens is 1. The van der Waals surface area contributed by atoms with E-state index in [-0.39, 0.29) is 12.4 Å². The van der Waals surface area contributed by atoms with E-state index in [1.165, 1.54) is 13.2 Å². The Balaban J connectivity index is 1.96. The summed E-state index contributed by atoms with van der Waals surface area (Å²) in [7, 11) is 1.43. The van der Waals surface area contributed by atoms with Crippen LogP contribution in [0.5, 0.6) is 11.5 Å². The lowest BCUT2D eigenvalue weighted by molar-refractivity contribution is 0.304. The summed E-state index contributed by atoms with van der Waals surface area (Å²) in [4.78, 5) is 0.456. The van der Waals surface area contributed by atoms with E-state index in [1.807, 2.05) is 24.3 Å². The van der Waals surface area contributed by atoms with Crippen molar-refractivity contribution in [3.63, 3.8) is 0 Å². The van der Waals surface area contributed by atoms with Crippen molar-refractivity contribution >= 4 is 17.2 Å². The van der Waals surface area contributed by atoms with Crippen molar-refractivity contribution in [3.05, 3.63) is 59.4 Å². The first-order valence-electron chi connectivity index (χ1n) is 6.41. The molecule has 21 heavy (non-hydrogen) atoms. The maximum atomic E-state index is 13.5. The van der Waals surface area contributed by atoms with Gasteiger partial charge in [-0.15, -0.1) is 0 Å². The smallest absolute Gasteiger partial charge is 0.165 e. The number of hydrogen-bond acceptors (Lipinski definition) is 3. The molecule has 0 aliphatic heterocycles. The van der Waals surface area contributed by atoms with Crippen molar-refractivity contribution in [1.82, 2.24) is 0 Å². The second-order valence-corrected chi connectivity index (χ2v) is 5.07. The minimum Gasteiger partial charge on any atom is -0.494 e. The predicted octanol–water partition coefficient (Wildman–Crippen LogP) is 3.24. The highest BCUT2D eigenvalue weighted by Gasteiger charge is 2.04. The lowest BCUT2D eigenvalue weighted by Gasteiger charge is -2.08. The average molecular weight is 305 g/mol. The maximum Gasteiger partial charge on any atom is 0.165 e. The molecular weight excluding hydrogens is 289 g/mol. The Morgan fingerprint density at radius 3 is 2.38 bits per heavy atom. The third-order valence-electron chi connectivity index (χ3n) is 2.92. The summed E-state index contributed by atoms with van der Waals surface area (Å²) in [6.07, 6.45) is 0.569. The molecule has 0 aliphatic carbocycles. The predicted molar refractivity (Wildman–Crippen MR) is 84.2 cm³/mol. The molecular formula is C16H16FNO2S. The van der Waals surface area contributed by atoms with Gasteiger partial charge in [0.25, 0.3) is 0 Å². The molecule has 0 spiro atoms. The zero-order valence-electron chi connectivity index (χ0n) is 11.6. The second kappa shape index (κ2) is 7.04. The van der Waals surface area contributed by atoms with E-state index in [4.69, 9.17) is 27.4 Å². The van der Waals surface area contributed by atoms with Crippen LogP contribution in [0.15, 0.2) is 42.5 Å². The Bertz CT molecular complexity index is 629. The molecule has 0 saturated carbocycles. The van der Waals surface area contributed by atoms with Crippen LogP contribution in [0.2, 0.25) is 0 Å². The van der Waals surface area contributed by atoms with Crippen LogP contribution < -0.4 is 15.2 Å². The first-order valence-corrected chi connectivity index (χ1v) is 6.82. The van der Waals surface area contributed by atoms with E-state index in [2.05, 4.69) is 0 Å². The highest BCUT2D eigenvalue weighted by Crippen LogP contribution is 2.19. The van der Waals surface area contributed by atoms with Gasteiger partial charge >= 0.3 is 0 Å². The summed E-state index contributed by atoms with van der Waals surface area (Å²) >= 11 is 4.86. The maximum absolute atomic E-state index is 13.5. The molecule has 0 aliphatic rings. The molecule has 3 nitrogen and oxygen atoms in total. The Hall–Kier alpha value is -2.14. The molecule has 0 aromatic heterocycles. The average Bonchev–Trinajstić information content (AvgIpc) is 2.46. The summed E-state index contributed by atoms with van der Waals surface area (Å²) < 4.78 is 24.0. The molecule has 2 rings (SSSR count). The van der Waals surface area contributed by atoms with Gasteiger partial charge in [0.15, 0.2) is 11.6 Å². The molecule has 0 saturated heterocycles. The quantitative estimate of drug-likeness (QED) is 0.832. The number of thiocarbonyl (C=S) groups is 1. The molecule has 0 heterocycles. The Kier molecular flexibility index (Phi) is 5.11. The van der Waals surface area contributed by atoms with Crippen molar-refractivity contribution in [1.29, 1.82) is 0 Å². The van der Waals surface area contributed by atoms with E-state index in [1.54, 1.807) is 12.1 Å². The number of rotatable bonds is 6. The summed E-state index contributed by atoms with van der Waals surface area (Å²) in [5.74, 6) is 0.532. The van der Waals surface area contributed by atoms with Gasteiger partial charge in [-0.3, -0.25) is 0 Å². The summed E-state index contributed by atoms with van der Waals surface area (Å²) in [6.45, 7) is 0.287. The van der Waals surface area contributed by atoms with Crippen molar-refractivity contribution in [2.75, 3.05) is 7.11 Å². The molecule has 0 atom stereocenters. The van der Waals surface area contributed by atoms with Gasteiger partial charge < -0.3 is 15.2 Å². The SMILES string of the molecule is COc1ccc(COc2ccc(CC(N)=S)cc2)cc1F. The fourth-order valence-corrected chi connectivity index (χ4v) is 2.04. The Morgan fingerprint density at radius 2 is 1.81 bits per heavy atom. The van der Waals surface area contributed by atoms with Crippen LogP contribution in [0.3, 0.4) is 0 Å².